The van der Waals surface area contributed by atoms with Gasteiger partial charge in [-0.1, -0.05) is 17.7 Å². The van der Waals surface area contributed by atoms with Crippen LogP contribution in [0.5, 0.6) is 5.75 Å². The number of hydrogen-bond donors (Lipinski definition) is 0. The van der Waals surface area contributed by atoms with Gasteiger partial charge in [0.2, 0.25) is 0 Å². The van der Waals surface area contributed by atoms with Crippen molar-refractivity contribution < 1.29 is 4.74 Å². The standard InChI is InChI=1S/C25H25ClN6O2/c1-6-32-24-18(13-28-32)22-16(11-14(2)12-17(22)25(33)30(24)4)15(3)34-20-7-8-21(26)29-23(20)19-9-10-27-31(19)5/h7-13,15H,6H2,1-5H3. The van der Waals surface area contributed by atoms with Crippen molar-refractivity contribution >= 4 is 33.4 Å². The number of pyridine rings is 2. The van der Waals surface area contributed by atoms with Crippen LogP contribution >= 0.6 is 11.6 Å². The van der Waals surface area contributed by atoms with Gasteiger partial charge >= 0.3 is 0 Å². The van der Waals surface area contributed by atoms with E-state index >= 15 is 0 Å². The summed E-state index contributed by atoms with van der Waals surface area (Å²) in [6, 6.07) is 9.39. The number of rotatable bonds is 5. The Morgan fingerprint density at radius 3 is 2.62 bits per heavy atom. The molecule has 0 N–H and O–H groups in total. The molecule has 5 rings (SSSR count). The van der Waals surface area contributed by atoms with Gasteiger partial charge in [0.1, 0.15) is 28.3 Å². The number of benzene rings is 1. The molecule has 0 fully saturated rings. The molecule has 0 saturated carbocycles. The van der Waals surface area contributed by atoms with Gasteiger partial charge in [-0.05, 0) is 50.6 Å². The van der Waals surface area contributed by atoms with Crippen LogP contribution in [-0.4, -0.2) is 29.1 Å². The third kappa shape index (κ3) is 3.45. The van der Waals surface area contributed by atoms with Crippen LogP contribution in [0.25, 0.3) is 33.2 Å². The minimum absolute atomic E-state index is 0.0569. The van der Waals surface area contributed by atoms with E-state index in [4.69, 9.17) is 16.3 Å². The molecule has 9 heteroatoms. The van der Waals surface area contributed by atoms with Crippen molar-refractivity contribution in [3.63, 3.8) is 0 Å². The second-order valence-corrected chi connectivity index (χ2v) is 8.81. The number of nitrogens with zero attached hydrogens (tertiary/aromatic N) is 6. The summed E-state index contributed by atoms with van der Waals surface area (Å²) >= 11 is 6.21. The van der Waals surface area contributed by atoms with Gasteiger partial charge in [-0.25, -0.2) is 9.67 Å². The summed E-state index contributed by atoms with van der Waals surface area (Å²) in [6.45, 7) is 6.64. The van der Waals surface area contributed by atoms with E-state index in [1.165, 1.54) is 0 Å². The Labute approximate surface area is 201 Å². The van der Waals surface area contributed by atoms with Crippen LogP contribution in [0, 0.1) is 6.92 Å². The van der Waals surface area contributed by atoms with Crippen molar-refractivity contribution in [2.75, 3.05) is 0 Å². The van der Waals surface area contributed by atoms with Crippen LogP contribution in [0.1, 0.15) is 31.1 Å². The molecule has 4 heterocycles. The zero-order chi connectivity index (χ0) is 24.1. The van der Waals surface area contributed by atoms with E-state index in [1.807, 2.05) is 56.9 Å². The first-order valence-corrected chi connectivity index (χ1v) is 11.5. The second kappa shape index (κ2) is 8.29. The molecule has 1 unspecified atom stereocenters. The van der Waals surface area contributed by atoms with Crippen LogP contribution in [-0.2, 0) is 20.6 Å². The normalized spacial score (nSPS) is 12.5. The number of hydrogen-bond acceptors (Lipinski definition) is 5. The maximum atomic E-state index is 13.3. The van der Waals surface area contributed by atoms with Crippen LogP contribution in [0.3, 0.4) is 0 Å². The average molecular weight is 477 g/mol. The Morgan fingerprint density at radius 1 is 1.12 bits per heavy atom. The van der Waals surface area contributed by atoms with Gasteiger partial charge in [0.25, 0.3) is 5.56 Å². The Balaban J connectivity index is 1.71. The molecule has 34 heavy (non-hydrogen) atoms. The molecule has 0 amide bonds. The van der Waals surface area contributed by atoms with Gasteiger partial charge in [-0.15, -0.1) is 0 Å². The summed E-state index contributed by atoms with van der Waals surface area (Å²) in [7, 11) is 3.64. The second-order valence-electron chi connectivity index (χ2n) is 8.42. The number of aromatic nitrogens is 6. The van der Waals surface area contributed by atoms with Crippen LogP contribution < -0.4 is 10.3 Å². The quantitative estimate of drug-likeness (QED) is 0.340. The molecule has 1 aromatic carbocycles. The average Bonchev–Trinajstić information content (AvgIpc) is 3.44. The first kappa shape index (κ1) is 22.2. The molecular weight excluding hydrogens is 452 g/mol. The van der Waals surface area contributed by atoms with Crippen molar-refractivity contribution in [3.05, 3.63) is 69.4 Å². The summed E-state index contributed by atoms with van der Waals surface area (Å²) in [5.74, 6) is 0.583. The fourth-order valence-electron chi connectivity index (χ4n) is 4.58. The van der Waals surface area contributed by atoms with E-state index in [0.717, 1.165) is 33.2 Å². The minimum atomic E-state index is -0.377. The largest absolute Gasteiger partial charge is 0.484 e. The molecule has 0 saturated heterocycles. The zero-order valence-corrected chi connectivity index (χ0v) is 20.5. The Bertz CT molecular complexity index is 1610. The van der Waals surface area contributed by atoms with E-state index < -0.39 is 0 Å². The lowest BCUT2D eigenvalue weighted by molar-refractivity contribution is 0.228. The van der Waals surface area contributed by atoms with Gasteiger partial charge in [0, 0.05) is 48.6 Å². The lowest BCUT2D eigenvalue weighted by Gasteiger charge is -2.20. The summed E-state index contributed by atoms with van der Waals surface area (Å²) in [5.41, 5.74) is 4.03. The molecule has 4 aromatic heterocycles. The van der Waals surface area contributed by atoms with Crippen molar-refractivity contribution in [1.29, 1.82) is 0 Å². The van der Waals surface area contributed by atoms with Crippen LogP contribution in [0.15, 0.2) is 47.5 Å². The molecule has 0 bridgehead atoms. The third-order valence-electron chi connectivity index (χ3n) is 6.18. The van der Waals surface area contributed by atoms with Crippen molar-refractivity contribution in [3.8, 4) is 17.1 Å². The van der Waals surface area contributed by atoms with E-state index in [1.54, 1.807) is 28.6 Å². The molecule has 0 spiro atoms. The van der Waals surface area contributed by atoms with Gasteiger partial charge in [-0.2, -0.15) is 10.2 Å². The predicted molar refractivity (Wildman–Crippen MR) is 133 cm³/mol. The molecule has 174 valence electrons. The lowest BCUT2D eigenvalue weighted by atomic mass is 9.97. The van der Waals surface area contributed by atoms with E-state index in [2.05, 4.69) is 21.2 Å². The highest BCUT2D eigenvalue weighted by atomic mass is 35.5. The molecule has 0 aliphatic heterocycles. The molecule has 0 aliphatic rings. The third-order valence-corrected chi connectivity index (χ3v) is 6.39. The number of aryl methyl sites for hydroxylation is 4. The molecule has 8 nitrogen and oxygen atoms in total. The topological polar surface area (TPSA) is 79.8 Å². The minimum Gasteiger partial charge on any atom is -0.484 e. The summed E-state index contributed by atoms with van der Waals surface area (Å²) in [4.78, 5) is 17.8. The molecule has 0 radical (unpaired) electrons. The molecule has 5 aromatic rings. The molecule has 0 aliphatic carbocycles. The lowest BCUT2D eigenvalue weighted by Crippen LogP contribution is -2.20. The maximum absolute atomic E-state index is 13.3. The monoisotopic (exact) mass is 476 g/mol. The highest BCUT2D eigenvalue weighted by molar-refractivity contribution is 6.29. The van der Waals surface area contributed by atoms with Crippen molar-refractivity contribution in [2.45, 2.75) is 33.4 Å². The van der Waals surface area contributed by atoms with Gasteiger partial charge in [0.15, 0.2) is 0 Å². The Hall–Kier alpha value is -3.65. The Kier molecular flexibility index (Phi) is 5.40. The zero-order valence-electron chi connectivity index (χ0n) is 19.7. The SMILES string of the molecule is CCn1ncc2c3c(C(C)Oc4ccc(Cl)nc4-c4ccnn4C)cc(C)cc3c(=O)n(C)c21. The highest BCUT2D eigenvalue weighted by Crippen LogP contribution is 2.36. The first-order chi connectivity index (χ1) is 16.3. The Morgan fingerprint density at radius 2 is 1.91 bits per heavy atom. The maximum Gasteiger partial charge on any atom is 0.259 e. The number of halogens is 1. The highest BCUT2D eigenvalue weighted by Gasteiger charge is 2.22. The van der Waals surface area contributed by atoms with Gasteiger partial charge < -0.3 is 4.74 Å². The summed E-state index contributed by atoms with van der Waals surface area (Å²) in [6.07, 6.45) is 3.16. The fourth-order valence-corrected chi connectivity index (χ4v) is 4.73. The fraction of sp³-hybridized carbons (Fsp3) is 0.280. The van der Waals surface area contributed by atoms with Crippen molar-refractivity contribution in [1.82, 2.24) is 29.1 Å². The van der Waals surface area contributed by atoms with Crippen LogP contribution in [0.4, 0.5) is 0 Å². The number of fused-ring (bicyclic) bond motifs is 3. The summed E-state index contributed by atoms with van der Waals surface area (Å²) < 4.78 is 11.7. The smallest absolute Gasteiger partial charge is 0.259 e. The van der Waals surface area contributed by atoms with Crippen molar-refractivity contribution in [2.24, 2.45) is 14.1 Å². The first-order valence-electron chi connectivity index (χ1n) is 11.1. The molecule has 1 atom stereocenters. The van der Waals surface area contributed by atoms with E-state index in [-0.39, 0.29) is 11.7 Å². The van der Waals surface area contributed by atoms with E-state index in [0.29, 0.717) is 28.5 Å². The predicted octanol–water partition coefficient (Wildman–Crippen LogP) is 4.81. The molecular formula is C25H25ClN6O2. The van der Waals surface area contributed by atoms with E-state index in [9.17, 15) is 4.79 Å². The van der Waals surface area contributed by atoms with Crippen LogP contribution in [0.2, 0.25) is 5.15 Å². The number of ether oxygens (including phenoxy) is 1. The summed E-state index contributed by atoms with van der Waals surface area (Å²) in [5, 5.41) is 11.6. The van der Waals surface area contributed by atoms with Gasteiger partial charge in [0.05, 0.1) is 11.9 Å². The van der Waals surface area contributed by atoms with Gasteiger partial charge in [-0.3, -0.25) is 14.0 Å².